The number of para-hydroxylation sites is 2. The molecular weight excluding hydrogens is 516 g/mol. The van der Waals surface area contributed by atoms with Crippen molar-refractivity contribution in [2.75, 3.05) is 50.1 Å². The summed E-state index contributed by atoms with van der Waals surface area (Å²) < 4.78 is 35.4. The van der Waals surface area contributed by atoms with E-state index in [4.69, 9.17) is 14.7 Å². The summed E-state index contributed by atoms with van der Waals surface area (Å²) >= 11 is 0. The first kappa shape index (κ1) is 28.6. The van der Waals surface area contributed by atoms with Gasteiger partial charge in [-0.25, -0.2) is 13.8 Å². The minimum absolute atomic E-state index is 0.0922. The molecule has 1 aromatic carbocycles. The second-order valence-electron chi connectivity index (χ2n) is 11.9. The van der Waals surface area contributed by atoms with Crippen molar-refractivity contribution in [1.29, 1.82) is 0 Å². The van der Waals surface area contributed by atoms with E-state index in [9.17, 15) is 13.9 Å². The summed E-state index contributed by atoms with van der Waals surface area (Å²) in [4.78, 5) is 18.2. The predicted molar refractivity (Wildman–Crippen MR) is 152 cm³/mol. The van der Waals surface area contributed by atoms with Crippen LogP contribution in [-0.4, -0.2) is 87.1 Å². The topological polar surface area (TPSA) is 91.6 Å². The van der Waals surface area contributed by atoms with Gasteiger partial charge in [-0.3, -0.25) is 4.57 Å². The number of rotatable bonds is 9. The Balaban J connectivity index is 1.39. The largest absolute Gasteiger partial charge is 0.389 e. The Bertz CT molecular complexity index is 1290. The van der Waals surface area contributed by atoms with E-state index < -0.39 is 12.0 Å². The summed E-state index contributed by atoms with van der Waals surface area (Å²) in [7, 11) is 2.09. The molecule has 2 aromatic heterocycles. The number of anilines is 2. The van der Waals surface area contributed by atoms with Crippen molar-refractivity contribution < 1.29 is 18.6 Å². The third kappa shape index (κ3) is 6.53. The van der Waals surface area contributed by atoms with Gasteiger partial charge in [0.25, 0.3) is 6.43 Å². The molecule has 1 saturated carbocycles. The molecule has 1 aliphatic carbocycles. The van der Waals surface area contributed by atoms with Crippen LogP contribution in [0.25, 0.3) is 16.9 Å². The number of fused-ring (bicyclic) bond motifs is 1. The molecule has 9 nitrogen and oxygen atoms in total. The maximum atomic E-state index is 14.2. The monoisotopic (exact) mass is 557 g/mol. The van der Waals surface area contributed by atoms with Gasteiger partial charge in [0.2, 0.25) is 5.95 Å². The molecule has 218 valence electrons. The zero-order valence-electron chi connectivity index (χ0n) is 23.9. The van der Waals surface area contributed by atoms with Crippen molar-refractivity contribution in [3.8, 4) is 5.82 Å². The molecule has 2 aliphatic rings. The van der Waals surface area contributed by atoms with Gasteiger partial charge in [0, 0.05) is 31.7 Å². The van der Waals surface area contributed by atoms with Crippen LogP contribution < -0.4 is 10.2 Å². The highest BCUT2D eigenvalue weighted by atomic mass is 19.3. The average molecular weight is 558 g/mol. The van der Waals surface area contributed by atoms with Crippen LogP contribution in [0.5, 0.6) is 0 Å². The fourth-order valence-corrected chi connectivity index (χ4v) is 6.03. The number of hydrogen-bond acceptors (Lipinski definition) is 8. The zero-order valence-corrected chi connectivity index (χ0v) is 23.9. The molecule has 1 aliphatic heterocycles. The van der Waals surface area contributed by atoms with Gasteiger partial charge in [0.15, 0.2) is 5.82 Å². The van der Waals surface area contributed by atoms with E-state index >= 15 is 0 Å². The molecule has 11 heteroatoms. The van der Waals surface area contributed by atoms with Gasteiger partial charge in [-0.05, 0) is 71.6 Å². The number of nitrogens with zero attached hydrogens (tertiary/aromatic N) is 6. The lowest BCUT2D eigenvalue weighted by Crippen LogP contribution is -2.44. The number of aromatic nitrogens is 4. The molecule has 0 unspecified atom stereocenters. The summed E-state index contributed by atoms with van der Waals surface area (Å²) in [6.45, 7) is 8.91. The number of hydrogen-bond donors (Lipinski definition) is 2. The highest BCUT2D eigenvalue weighted by Gasteiger charge is 2.28. The first-order valence-electron chi connectivity index (χ1n) is 14.2. The summed E-state index contributed by atoms with van der Waals surface area (Å²) in [6.07, 6.45) is 1.49. The Morgan fingerprint density at radius 1 is 1.12 bits per heavy atom. The van der Waals surface area contributed by atoms with Gasteiger partial charge in [-0.2, -0.15) is 9.97 Å². The predicted octanol–water partition coefficient (Wildman–Crippen LogP) is 4.65. The molecule has 2 fully saturated rings. The number of benzene rings is 1. The van der Waals surface area contributed by atoms with E-state index in [1.807, 2.05) is 19.9 Å². The van der Waals surface area contributed by atoms with Crippen LogP contribution in [-0.2, 0) is 4.74 Å². The highest BCUT2D eigenvalue weighted by molar-refractivity contribution is 5.78. The molecule has 1 atom stereocenters. The maximum Gasteiger partial charge on any atom is 0.296 e. The first-order valence-corrected chi connectivity index (χ1v) is 14.2. The van der Waals surface area contributed by atoms with Crippen LogP contribution in [0, 0.1) is 5.92 Å². The van der Waals surface area contributed by atoms with Crippen LogP contribution in [0.3, 0.4) is 0 Å². The number of alkyl halides is 2. The second-order valence-corrected chi connectivity index (χ2v) is 11.9. The van der Waals surface area contributed by atoms with Crippen LogP contribution in [0.1, 0.15) is 58.7 Å². The number of aliphatic hydroxyl groups is 1. The molecule has 0 spiro atoms. The Morgan fingerprint density at radius 3 is 2.55 bits per heavy atom. The molecule has 0 bridgehead atoms. The van der Waals surface area contributed by atoms with Crippen molar-refractivity contribution in [2.24, 2.45) is 5.92 Å². The Hall–Kier alpha value is -2.89. The summed E-state index contributed by atoms with van der Waals surface area (Å²) in [5, 5.41) is 13.6. The molecule has 1 saturated heterocycles. The molecule has 2 N–H and O–H groups in total. The standard InChI is InChI=1S/C29H41F2N7O2/c1-19-17-40-14-13-37(19)24-15-25(38-23-8-6-5-7-22(23)33-27(38)26(30)31)35-28(34-24)32-16-20-9-11-21(12-10-20)36(4)18-29(2,3)39/h5-8,15,19-21,26,39H,9-14,16-18H2,1-4H3,(H,32,34,35)/t19-,20?,21?/m0/s1. The number of halogens is 2. The Kier molecular flexibility index (Phi) is 8.53. The lowest BCUT2D eigenvalue weighted by Gasteiger charge is -2.37. The van der Waals surface area contributed by atoms with Crippen LogP contribution >= 0.6 is 0 Å². The molecular formula is C29H41F2N7O2. The van der Waals surface area contributed by atoms with Crippen LogP contribution in [0.15, 0.2) is 30.3 Å². The van der Waals surface area contributed by atoms with Crippen molar-refractivity contribution >= 4 is 22.8 Å². The third-order valence-corrected chi connectivity index (χ3v) is 8.00. The summed E-state index contributed by atoms with van der Waals surface area (Å²) in [5.41, 5.74) is 0.367. The van der Waals surface area contributed by atoms with E-state index in [2.05, 4.69) is 34.1 Å². The first-order chi connectivity index (χ1) is 19.1. The Labute approximate surface area is 234 Å². The fourth-order valence-electron chi connectivity index (χ4n) is 6.03. The van der Waals surface area contributed by atoms with Gasteiger partial charge < -0.3 is 25.0 Å². The van der Waals surface area contributed by atoms with Crippen molar-refractivity contribution in [1.82, 2.24) is 24.4 Å². The maximum absolute atomic E-state index is 14.2. The molecule has 0 radical (unpaired) electrons. The minimum Gasteiger partial charge on any atom is -0.389 e. The van der Waals surface area contributed by atoms with Gasteiger partial charge in [0.1, 0.15) is 11.6 Å². The van der Waals surface area contributed by atoms with Crippen molar-refractivity contribution in [2.45, 2.75) is 70.6 Å². The minimum atomic E-state index is -2.76. The van der Waals surface area contributed by atoms with Gasteiger partial charge in [-0.1, -0.05) is 12.1 Å². The third-order valence-electron chi connectivity index (χ3n) is 8.00. The number of ether oxygens (including phenoxy) is 1. The van der Waals surface area contributed by atoms with Gasteiger partial charge in [-0.15, -0.1) is 0 Å². The normalized spacial score (nSPS) is 22.4. The number of likely N-dealkylation sites (N-methyl/N-ethyl adjacent to an activating group) is 1. The van der Waals surface area contributed by atoms with E-state index in [0.29, 0.717) is 73.4 Å². The van der Waals surface area contributed by atoms with Gasteiger partial charge in [0.05, 0.1) is 35.9 Å². The Morgan fingerprint density at radius 2 is 1.85 bits per heavy atom. The van der Waals surface area contributed by atoms with Crippen molar-refractivity contribution in [3.05, 3.63) is 36.2 Å². The molecule has 3 aromatic rings. The summed E-state index contributed by atoms with van der Waals surface area (Å²) in [6, 6.07) is 9.45. The zero-order chi connectivity index (χ0) is 28.4. The summed E-state index contributed by atoms with van der Waals surface area (Å²) in [5.74, 6) is 1.59. The molecule has 0 amide bonds. The van der Waals surface area contributed by atoms with E-state index in [1.165, 1.54) is 4.57 Å². The SMILES string of the molecule is C[C@H]1COCCN1c1cc(-n2c(C(F)F)nc3ccccc32)nc(NCC2CCC(N(C)CC(C)(C)O)CC2)n1. The number of nitrogens with one attached hydrogen (secondary N) is 1. The average Bonchev–Trinajstić information content (AvgIpc) is 3.32. The van der Waals surface area contributed by atoms with E-state index in [0.717, 1.165) is 25.7 Å². The van der Waals surface area contributed by atoms with E-state index in [1.54, 1.807) is 24.3 Å². The number of morpholine rings is 1. The van der Waals surface area contributed by atoms with Crippen molar-refractivity contribution in [3.63, 3.8) is 0 Å². The molecule has 5 rings (SSSR count). The van der Waals surface area contributed by atoms with Crippen LogP contribution in [0.2, 0.25) is 0 Å². The van der Waals surface area contributed by atoms with Crippen LogP contribution in [0.4, 0.5) is 20.5 Å². The fraction of sp³-hybridized carbons (Fsp3) is 0.621. The molecule has 3 heterocycles. The lowest BCUT2D eigenvalue weighted by molar-refractivity contribution is 0.0228. The quantitative estimate of drug-likeness (QED) is 0.393. The van der Waals surface area contributed by atoms with Gasteiger partial charge >= 0.3 is 0 Å². The highest BCUT2D eigenvalue weighted by Crippen LogP contribution is 2.31. The second kappa shape index (κ2) is 11.9. The number of imidazole rings is 1. The lowest BCUT2D eigenvalue weighted by atomic mass is 9.85. The van der Waals surface area contributed by atoms with E-state index in [-0.39, 0.29) is 11.9 Å². The molecule has 40 heavy (non-hydrogen) atoms. The smallest absolute Gasteiger partial charge is 0.296 e.